The van der Waals surface area contributed by atoms with Gasteiger partial charge in [0.2, 0.25) is 0 Å². The van der Waals surface area contributed by atoms with Gasteiger partial charge in [0.05, 0.1) is 22.9 Å². The van der Waals surface area contributed by atoms with Gasteiger partial charge in [-0.3, -0.25) is 5.10 Å². The highest BCUT2D eigenvalue weighted by Gasteiger charge is 2.21. The van der Waals surface area contributed by atoms with Crippen LogP contribution in [-0.4, -0.2) is 45.2 Å². The number of aromatic nitrogens is 4. The first-order valence-electron chi connectivity index (χ1n) is 10.0. The van der Waals surface area contributed by atoms with Crippen LogP contribution in [0.2, 0.25) is 0 Å². The molecule has 5 rings (SSSR count). The number of anilines is 1. The fraction of sp³-hybridized carbons (Fsp3) is 0.273. The summed E-state index contributed by atoms with van der Waals surface area (Å²) in [5.41, 5.74) is 5.26. The zero-order chi connectivity index (χ0) is 20.7. The molecule has 3 aromatic heterocycles. The molecule has 8 heteroatoms. The molecule has 0 spiro atoms. The Balaban J connectivity index is 1.44. The average Bonchev–Trinajstić information content (AvgIpc) is 3.47. The molecule has 4 aromatic rings. The molecule has 0 bridgehead atoms. The van der Waals surface area contributed by atoms with Crippen molar-refractivity contribution in [3.8, 4) is 22.0 Å². The molecule has 1 aliphatic heterocycles. The van der Waals surface area contributed by atoms with Crippen molar-refractivity contribution in [2.75, 3.05) is 25.5 Å². The lowest BCUT2D eigenvalue weighted by Gasteiger charge is -2.30. The van der Waals surface area contributed by atoms with Crippen LogP contribution >= 0.6 is 11.3 Å². The van der Waals surface area contributed by atoms with Crippen molar-refractivity contribution in [2.45, 2.75) is 12.8 Å². The second-order valence-electron chi connectivity index (χ2n) is 7.78. The first-order valence-corrected chi connectivity index (χ1v) is 10.8. The minimum Gasteiger partial charge on any atom is -0.356 e. The van der Waals surface area contributed by atoms with Crippen molar-refractivity contribution in [3.63, 3.8) is 0 Å². The summed E-state index contributed by atoms with van der Waals surface area (Å²) in [7, 11) is 2.15. The summed E-state index contributed by atoms with van der Waals surface area (Å²) < 4.78 is 13.5. The van der Waals surface area contributed by atoms with Gasteiger partial charge in [0.25, 0.3) is 0 Å². The van der Waals surface area contributed by atoms with Crippen LogP contribution in [0.15, 0.2) is 48.8 Å². The molecule has 3 N–H and O–H groups in total. The highest BCUT2D eigenvalue weighted by Crippen LogP contribution is 2.35. The first kappa shape index (κ1) is 19.0. The van der Waals surface area contributed by atoms with E-state index in [0.29, 0.717) is 11.7 Å². The molecule has 0 aliphatic carbocycles. The number of halogens is 1. The predicted molar refractivity (Wildman–Crippen MR) is 120 cm³/mol. The van der Waals surface area contributed by atoms with Crippen molar-refractivity contribution in [1.29, 1.82) is 0 Å². The van der Waals surface area contributed by atoms with E-state index in [9.17, 15) is 4.39 Å². The molecule has 6 nitrogen and oxygen atoms in total. The maximum atomic E-state index is 13.5. The highest BCUT2D eigenvalue weighted by atomic mass is 32.1. The summed E-state index contributed by atoms with van der Waals surface area (Å²) in [6.07, 6.45) is 3.96. The van der Waals surface area contributed by atoms with Gasteiger partial charge in [0.15, 0.2) is 11.0 Å². The minimum atomic E-state index is -0.203. The largest absolute Gasteiger partial charge is 0.356 e. The number of thiophene rings is 1. The summed E-state index contributed by atoms with van der Waals surface area (Å²) in [6, 6.07) is 9.16. The van der Waals surface area contributed by atoms with Crippen LogP contribution in [0.25, 0.3) is 33.0 Å². The van der Waals surface area contributed by atoms with E-state index in [4.69, 9.17) is 4.98 Å². The number of allylic oxidation sites excluding steroid dienone is 1. The molecular formula is C22H23FN6S. The molecule has 0 unspecified atom stereocenters. The summed E-state index contributed by atoms with van der Waals surface area (Å²) in [5.74, 6) is 1.13. The molecule has 1 saturated heterocycles. The number of likely N-dealkylation sites (tertiary alicyclic amines) is 1. The Labute approximate surface area is 177 Å². The van der Waals surface area contributed by atoms with Crippen molar-refractivity contribution >= 4 is 28.1 Å². The second-order valence-corrected chi connectivity index (χ2v) is 8.81. The van der Waals surface area contributed by atoms with Crippen molar-refractivity contribution in [1.82, 2.24) is 25.1 Å². The monoisotopic (exact) mass is 422 g/mol. The molecule has 0 atom stereocenters. The number of hydrogen-bond donors (Lipinski definition) is 3. The zero-order valence-corrected chi connectivity index (χ0v) is 17.5. The second kappa shape index (κ2) is 7.70. The van der Waals surface area contributed by atoms with E-state index >= 15 is 0 Å². The third kappa shape index (κ3) is 3.53. The molecule has 0 saturated carbocycles. The van der Waals surface area contributed by atoms with E-state index < -0.39 is 0 Å². The molecule has 1 aromatic carbocycles. The Morgan fingerprint density at radius 3 is 2.87 bits per heavy atom. The van der Waals surface area contributed by atoms with Crippen LogP contribution in [-0.2, 0) is 0 Å². The third-order valence-electron chi connectivity index (χ3n) is 5.73. The topological polar surface area (TPSA) is 72.6 Å². The number of nitrogens with zero attached hydrogens (tertiary/aromatic N) is 3. The Morgan fingerprint density at radius 1 is 1.27 bits per heavy atom. The van der Waals surface area contributed by atoms with E-state index in [2.05, 4.69) is 39.0 Å². The number of hydrogen-bond acceptors (Lipinski definition) is 5. The van der Waals surface area contributed by atoms with Gasteiger partial charge in [-0.25, -0.2) is 4.98 Å². The van der Waals surface area contributed by atoms with Gasteiger partial charge in [-0.15, -0.1) is 11.3 Å². The fourth-order valence-corrected chi connectivity index (χ4v) is 4.76. The van der Waals surface area contributed by atoms with E-state index in [1.54, 1.807) is 12.3 Å². The van der Waals surface area contributed by atoms with Gasteiger partial charge in [-0.05, 0) is 51.2 Å². The van der Waals surface area contributed by atoms with E-state index in [1.165, 1.54) is 6.07 Å². The fourth-order valence-electron chi connectivity index (χ4n) is 4.00. The molecule has 0 radical (unpaired) electrons. The SMILES string of the molecule is C=C(Nc1cn[nH]c1-c1nc2c(-c3ccc(F)s3)cccc2[nH]1)C1CCN(C)CC1. The maximum absolute atomic E-state index is 13.5. The summed E-state index contributed by atoms with van der Waals surface area (Å²) >= 11 is 1.12. The number of rotatable bonds is 5. The van der Waals surface area contributed by atoms with Gasteiger partial charge in [0, 0.05) is 22.1 Å². The van der Waals surface area contributed by atoms with Gasteiger partial charge < -0.3 is 15.2 Å². The van der Waals surface area contributed by atoms with Crippen molar-refractivity contribution in [2.24, 2.45) is 5.92 Å². The van der Waals surface area contributed by atoms with Gasteiger partial charge in [-0.1, -0.05) is 18.7 Å². The van der Waals surface area contributed by atoms with Gasteiger partial charge in [-0.2, -0.15) is 9.49 Å². The number of imidazole rings is 1. The quantitative estimate of drug-likeness (QED) is 0.419. The van der Waals surface area contributed by atoms with Crippen molar-refractivity contribution in [3.05, 3.63) is 53.9 Å². The van der Waals surface area contributed by atoms with Crippen LogP contribution in [0.5, 0.6) is 0 Å². The molecule has 30 heavy (non-hydrogen) atoms. The minimum absolute atomic E-state index is 0.203. The summed E-state index contributed by atoms with van der Waals surface area (Å²) in [5, 5.41) is 10.5. The molecule has 0 amide bonds. The van der Waals surface area contributed by atoms with Crippen LogP contribution in [0.1, 0.15) is 12.8 Å². The lowest BCUT2D eigenvalue weighted by molar-refractivity contribution is 0.239. The van der Waals surface area contributed by atoms with Crippen molar-refractivity contribution < 1.29 is 4.39 Å². The van der Waals surface area contributed by atoms with Crippen LogP contribution in [0, 0.1) is 11.0 Å². The zero-order valence-electron chi connectivity index (χ0n) is 16.7. The third-order valence-corrected chi connectivity index (χ3v) is 6.64. The average molecular weight is 423 g/mol. The van der Waals surface area contributed by atoms with Crippen LogP contribution in [0.4, 0.5) is 10.1 Å². The number of aromatic amines is 2. The normalized spacial score (nSPS) is 15.7. The van der Waals surface area contributed by atoms with Crippen LogP contribution < -0.4 is 5.32 Å². The maximum Gasteiger partial charge on any atom is 0.176 e. The number of piperidine rings is 1. The molecular weight excluding hydrogens is 399 g/mol. The number of H-pyrrole nitrogens is 2. The highest BCUT2D eigenvalue weighted by molar-refractivity contribution is 7.14. The summed E-state index contributed by atoms with van der Waals surface area (Å²) in [4.78, 5) is 11.4. The van der Waals surface area contributed by atoms with Gasteiger partial charge in [0.1, 0.15) is 5.69 Å². The number of benzene rings is 1. The Kier molecular flexibility index (Phi) is 4.88. The number of nitrogens with one attached hydrogen (secondary N) is 3. The lowest BCUT2D eigenvalue weighted by Crippen LogP contribution is -2.31. The first-order chi connectivity index (χ1) is 14.6. The number of fused-ring (bicyclic) bond motifs is 1. The standard InChI is InChI=1S/C22H23FN6S/c1-13(14-8-10-29(2)11-9-14)25-17-12-24-28-21(17)22-26-16-5-3-4-15(20(16)27-22)18-6-7-19(23)30-18/h3-7,12,14,25H,1,8-11H2,2H3,(H,24,28)(H,26,27). The van der Waals surface area contributed by atoms with Gasteiger partial charge >= 0.3 is 0 Å². The predicted octanol–water partition coefficient (Wildman–Crippen LogP) is 5.09. The Hall–Kier alpha value is -2.97. The van der Waals surface area contributed by atoms with E-state index in [1.807, 2.05) is 18.2 Å². The molecule has 1 aliphatic rings. The lowest BCUT2D eigenvalue weighted by atomic mass is 9.94. The van der Waals surface area contributed by atoms with E-state index in [-0.39, 0.29) is 5.13 Å². The van der Waals surface area contributed by atoms with Crippen LogP contribution in [0.3, 0.4) is 0 Å². The molecule has 4 heterocycles. The molecule has 1 fully saturated rings. The Morgan fingerprint density at radius 2 is 2.10 bits per heavy atom. The molecule has 154 valence electrons. The summed E-state index contributed by atoms with van der Waals surface area (Å²) in [6.45, 7) is 6.44. The Bertz CT molecular complexity index is 1200. The smallest absolute Gasteiger partial charge is 0.176 e. The number of para-hydroxylation sites is 1. The van der Waals surface area contributed by atoms with E-state index in [0.717, 1.165) is 75.8 Å².